The largest absolute Gasteiger partial charge is 0.478 e. The first-order chi connectivity index (χ1) is 8.27. The second-order valence-corrected chi connectivity index (χ2v) is 4.09. The summed E-state index contributed by atoms with van der Waals surface area (Å²) in [6.07, 6.45) is 1.95. The Labute approximate surface area is 100 Å². The summed E-state index contributed by atoms with van der Waals surface area (Å²) >= 11 is 0. The molecule has 4 nitrogen and oxygen atoms in total. The van der Waals surface area contributed by atoms with Crippen LogP contribution in [0.25, 0.3) is 0 Å². The molecule has 1 aliphatic heterocycles. The molecule has 4 heteroatoms. The van der Waals surface area contributed by atoms with E-state index in [9.17, 15) is 4.79 Å². The lowest BCUT2D eigenvalue weighted by atomic mass is 10.1. The van der Waals surface area contributed by atoms with Gasteiger partial charge in [-0.1, -0.05) is 18.2 Å². The van der Waals surface area contributed by atoms with Gasteiger partial charge in [-0.2, -0.15) is 0 Å². The van der Waals surface area contributed by atoms with Crippen molar-refractivity contribution >= 4 is 5.97 Å². The van der Waals surface area contributed by atoms with Crippen molar-refractivity contribution in [1.82, 2.24) is 0 Å². The summed E-state index contributed by atoms with van der Waals surface area (Å²) in [4.78, 5) is 11.0. The van der Waals surface area contributed by atoms with Crippen LogP contribution in [0, 0.1) is 0 Å². The van der Waals surface area contributed by atoms with Gasteiger partial charge in [0.15, 0.2) is 0 Å². The molecular formula is C13H16O4. The third-order valence-electron chi connectivity index (χ3n) is 2.89. The topological polar surface area (TPSA) is 55.8 Å². The first kappa shape index (κ1) is 12.1. The Hall–Kier alpha value is -1.39. The van der Waals surface area contributed by atoms with Crippen LogP contribution < -0.4 is 0 Å². The SMILES string of the molecule is O=C(O)c1ccccc1COC1CCOCC1. The minimum absolute atomic E-state index is 0.186. The van der Waals surface area contributed by atoms with E-state index in [1.54, 1.807) is 18.2 Å². The molecule has 1 aromatic rings. The fourth-order valence-electron chi connectivity index (χ4n) is 1.91. The fraction of sp³-hybridized carbons (Fsp3) is 0.462. The summed E-state index contributed by atoms with van der Waals surface area (Å²) in [6, 6.07) is 6.95. The molecule has 1 heterocycles. The number of carboxylic acid groups (broad SMARTS) is 1. The molecule has 1 aliphatic rings. The Morgan fingerprint density at radius 2 is 2.06 bits per heavy atom. The number of hydrogen-bond acceptors (Lipinski definition) is 3. The molecule has 0 aromatic heterocycles. The van der Waals surface area contributed by atoms with E-state index in [1.807, 2.05) is 6.07 Å². The number of carboxylic acids is 1. The highest BCUT2D eigenvalue weighted by Crippen LogP contribution is 2.15. The van der Waals surface area contributed by atoms with E-state index < -0.39 is 5.97 Å². The van der Waals surface area contributed by atoms with Gasteiger partial charge in [-0.3, -0.25) is 0 Å². The van der Waals surface area contributed by atoms with Crippen molar-refractivity contribution in [2.45, 2.75) is 25.6 Å². The van der Waals surface area contributed by atoms with Gasteiger partial charge in [-0.15, -0.1) is 0 Å². The third kappa shape index (κ3) is 3.28. The smallest absolute Gasteiger partial charge is 0.336 e. The summed E-state index contributed by atoms with van der Waals surface area (Å²) in [5.74, 6) is -0.906. The molecule has 0 spiro atoms. The second-order valence-electron chi connectivity index (χ2n) is 4.09. The van der Waals surface area contributed by atoms with Crippen molar-refractivity contribution in [2.75, 3.05) is 13.2 Å². The van der Waals surface area contributed by atoms with Crippen LogP contribution in [0.15, 0.2) is 24.3 Å². The average Bonchev–Trinajstić information content (AvgIpc) is 2.38. The maximum atomic E-state index is 11.0. The summed E-state index contributed by atoms with van der Waals surface area (Å²) in [7, 11) is 0. The van der Waals surface area contributed by atoms with Gasteiger partial charge in [0.25, 0.3) is 0 Å². The van der Waals surface area contributed by atoms with Crippen LogP contribution in [0.2, 0.25) is 0 Å². The van der Waals surface area contributed by atoms with Crippen LogP contribution in [0.4, 0.5) is 0 Å². The summed E-state index contributed by atoms with van der Waals surface area (Å²) in [5.41, 5.74) is 1.05. The minimum atomic E-state index is -0.906. The molecule has 0 amide bonds. The highest BCUT2D eigenvalue weighted by molar-refractivity contribution is 5.89. The number of rotatable bonds is 4. The standard InChI is InChI=1S/C13H16O4/c14-13(15)12-4-2-1-3-10(12)9-17-11-5-7-16-8-6-11/h1-4,11H,5-9H2,(H,14,15). The van der Waals surface area contributed by atoms with E-state index in [4.69, 9.17) is 14.6 Å². The molecule has 0 bridgehead atoms. The molecule has 0 aliphatic carbocycles. The van der Waals surface area contributed by atoms with Crippen molar-refractivity contribution in [3.8, 4) is 0 Å². The van der Waals surface area contributed by atoms with Gasteiger partial charge >= 0.3 is 5.97 Å². The number of hydrogen-bond donors (Lipinski definition) is 1. The minimum Gasteiger partial charge on any atom is -0.478 e. The Kier molecular flexibility index (Phi) is 4.12. The molecule has 1 saturated heterocycles. The number of aromatic carboxylic acids is 1. The van der Waals surface area contributed by atoms with E-state index >= 15 is 0 Å². The van der Waals surface area contributed by atoms with Crippen molar-refractivity contribution in [1.29, 1.82) is 0 Å². The summed E-state index contributed by atoms with van der Waals surface area (Å²) in [5, 5.41) is 9.03. The zero-order valence-corrected chi connectivity index (χ0v) is 9.59. The van der Waals surface area contributed by atoms with Gasteiger partial charge in [0, 0.05) is 13.2 Å². The predicted octanol–water partition coefficient (Wildman–Crippen LogP) is 2.08. The van der Waals surface area contributed by atoms with E-state index in [0.29, 0.717) is 12.2 Å². The van der Waals surface area contributed by atoms with Gasteiger partial charge in [0.05, 0.1) is 18.3 Å². The van der Waals surface area contributed by atoms with Gasteiger partial charge in [-0.05, 0) is 24.5 Å². The van der Waals surface area contributed by atoms with Crippen LogP contribution in [-0.2, 0) is 16.1 Å². The van der Waals surface area contributed by atoms with Crippen LogP contribution in [0.3, 0.4) is 0 Å². The van der Waals surface area contributed by atoms with Gasteiger partial charge in [0.2, 0.25) is 0 Å². The van der Waals surface area contributed by atoms with E-state index in [0.717, 1.165) is 31.6 Å². The highest BCUT2D eigenvalue weighted by Gasteiger charge is 2.15. The van der Waals surface area contributed by atoms with Gasteiger partial charge in [-0.25, -0.2) is 4.79 Å². The Morgan fingerprint density at radius 3 is 2.76 bits per heavy atom. The van der Waals surface area contributed by atoms with Crippen LogP contribution in [-0.4, -0.2) is 30.4 Å². The molecule has 1 fully saturated rings. The van der Waals surface area contributed by atoms with Crippen molar-refractivity contribution in [3.63, 3.8) is 0 Å². The van der Waals surface area contributed by atoms with E-state index in [-0.39, 0.29) is 6.10 Å². The maximum Gasteiger partial charge on any atom is 0.336 e. The Balaban J connectivity index is 1.96. The van der Waals surface area contributed by atoms with E-state index in [1.165, 1.54) is 0 Å². The summed E-state index contributed by atoms with van der Waals surface area (Å²) < 4.78 is 11.0. The normalized spacial score (nSPS) is 16.9. The molecule has 2 rings (SSSR count). The first-order valence-electron chi connectivity index (χ1n) is 5.78. The molecule has 17 heavy (non-hydrogen) atoms. The molecule has 0 atom stereocenters. The quantitative estimate of drug-likeness (QED) is 0.869. The zero-order valence-electron chi connectivity index (χ0n) is 9.59. The Bertz CT molecular complexity index is 383. The van der Waals surface area contributed by atoms with Crippen molar-refractivity contribution < 1.29 is 19.4 Å². The number of benzene rings is 1. The predicted molar refractivity (Wildman–Crippen MR) is 62.0 cm³/mol. The lowest BCUT2D eigenvalue weighted by Gasteiger charge is -2.22. The number of carbonyl (C=O) groups is 1. The maximum absolute atomic E-state index is 11.0. The lowest BCUT2D eigenvalue weighted by Crippen LogP contribution is -2.23. The average molecular weight is 236 g/mol. The first-order valence-corrected chi connectivity index (χ1v) is 5.78. The second kappa shape index (κ2) is 5.80. The molecule has 0 saturated carbocycles. The van der Waals surface area contributed by atoms with Crippen molar-refractivity contribution in [2.24, 2.45) is 0 Å². The van der Waals surface area contributed by atoms with Gasteiger partial charge < -0.3 is 14.6 Å². The third-order valence-corrected chi connectivity index (χ3v) is 2.89. The van der Waals surface area contributed by atoms with Crippen LogP contribution in [0.1, 0.15) is 28.8 Å². The Morgan fingerprint density at radius 1 is 1.35 bits per heavy atom. The molecule has 92 valence electrons. The molecular weight excluding hydrogens is 220 g/mol. The van der Waals surface area contributed by atoms with E-state index in [2.05, 4.69) is 0 Å². The molecule has 1 N–H and O–H groups in total. The zero-order chi connectivity index (χ0) is 12.1. The van der Waals surface area contributed by atoms with Crippen LogP contribution >= 0.6 is 0 Å². The molecule has 0 radical (unpaired) electrons. The van der Waals surface area contributed by atoms with Gasteiger partial charge in [0.1, 0.15) is 0 Å². The summed E-state index contributed by atoms with van der Waals surface area (Å²) in [6.45, 7) is 1.81. The van der Waals surface area contributed by atoms with Crippen LogP contribution in [0.5, 0.6) is 0 Å². The van der Waals surface area contributed by atoms with Crippen molar-refractivity contribution in [3.05, 3.63) is 35.4 Å². The fourth-order valence-corrected chi connectivity index (χ4v) is 1.91. The highest BCUT2D eigenvalue weighted by atomic mass is 16.5. The molecule has 1 aromatic carbocycles. The monoisotopic (exact) mass is 236 g/mol. The molecule has 0 unspecified atom stereocenters. The lowest BCUT2D eigenvalue weighted by molar-refractivity contribution is -0.0392. The number of ether oxygens (including phenoxy) is 2.